The van der Waals surface area contributed by atoms with E-state index in [0.29, 0.717) is 18.5 Å². The van der Waals surface area contributed by atoms with Crippen LogP contribution in [0.25, 0.3) is 0 Å². The quantitative estimate of drug-likeness (QED) is 0.362. The number of sulfonamides is 1. The molecule has 0 spiro atoms. The zero-order valence-electron chi connectivity index (χ0n) is 21.1. The first-order chi connectivity index (χ1) is 16.5. The Kier molecular flexibility index (Phi) is 10.7. The second kappa shape index (κ2) is 13.5. The van der Waals surface area contributed by atoms with E-state index in [1.54, 1.807) is 12.2 Å². The fraction of sp³-hybridized carbons (Fsp3) is 0.690. The molecule has 1 unspecified atom stereocenters. The van der Waals surface area contributed by atoms with Gasteiger partial charge in [-0.15, -0.1) is 0 Å². The van der Waals surface area contributed by atoms with Crippen molar-refractivity contribution in [3.8, 4) is 0 Å². The molecule has 190 valence electrons. The molecule has 0 aromatic heterocycles. The van der Waals surface area contributed by atoms with Crippen LogP contribution >= 0.6 is 0 Å². The normalized spacial score (nSPS) is 25.7. The molecule has 2 saturated carbocycles. The van der Waals surface area contributed by atoms with Crippen molar-refractivity contribution in [1.82, 2.24) is 4.31 Å². The number of amides is 1. The third kappa shape index (κ3) is 6.53. The van der Waals surface area contributed by atoms with Crippen LogP contribution in [0.1, 0.15) is 109 Å². The van der Waals surface area contributed by atoms with E-state index in [0.717, 1.165) is 56.9 Å². The molecule has 4 nitrogen and oxygen atoms in total. The number of carbonyl (C=O) groups is 1. The predicted octanol–water partition coefficient (Wildman–Crippen LogP) is 7.60. The average Bonchev–Trinajstić information content (AvgIpc) is 3.20. The van der Waals surface area contributed by atoms with Gasteiger partial charge >= 0.3 is 0 Å². The summed E-state index contributed by atoms with van der Waals surface area (Å²) >= 11 is 0. The first kappa shape index (κ1) is 27.0. The van der Waals surface area contributed by atoms with Gasteiger partial charge in [0.1, 0.15) is 0 Å². The van der Waals surface area contributed by atoms with E-state index in [9.17, 15) is 13.2 Å². The number of rotatable bonds is 6. The lowest BCUT2D eigenvalue weighted by atomic mass is 9.79. The predicted molar refractivity (Wildman–Crippen MR) is 142 cm³/mol. The maximum atomic E-state index is 14.0. The Balaban J connectivity index is 1.97. The van der Waals surface area contributed by atoms with E-state index in [1.165, 1.54) is 49.3 Å². The van der Waals surface area contributed by atoms with Crippen molar-refractivity contribution < 1.29 is 13.2 Å². The van der Waals surface area contributed by atoms with Crippen molar-refractivity contribution in [1.29, 1.82) is 0 Å². The minimum atomic E-state index is -3.79. The summed E-state index contributed by atoms with van der Waals surface area (Å²) in [7, 11) is -3.79. The molecule has 0 saturated heterocycles. The summed E-state index contributed by atoms with van der Waals surface area (Å²) in [5.41, 5.74) is 1.29. The number of carbonyl (C=O) groups excluding carboxylic acids is 1. The summed E-state index contributed by atoms with van der Waals surface area (Å²) < 4.78 is 29.2. The van der Waals surface area contributed by atoms with E-state index in [1.807, 2.05) is 12.2 Å². The smallest absolute Gasteiger partial charge is 0.248 e. The van der Waals surface area contributed by atoms with Crippen LogP contribution in [0, 0.1) is 11.8 Å². The molecule has 2 aliphatic carbocycles. The van der Waals surface area contributed by atoms with Gasteiger partial charge in [-0.3, -0.25) is 4.79 Å². The lowest BCUT2D eigenvalue weighted by molar-refractivity contribution is -0.128. The van der Waals surface area contributed by atoms with Crippen LogP contribution in [0.5, 0.6) is 0 Å². The van der Waals surface area contributed by atoms with Gasteiger partial charge in [0.15, 0.2) is 0 Å². The summed E-state index contributed by atoms with van der Waals surface area (Å²) in [5.74, 6) is -0.485. The summed E-state index contributed by atoms with van der Waals surface area (Å²) in [4.78, 5) is 14.0. The maximum absolute atomic E-state index is 14.0. The Hall–Kier alpha value is -1.62. The summed E-state index contributed by atoms with van der Waals surface area (Å²) in [6, 6.07) is 0. The van der Waals surface area contributed by atoms with E-state index < -0.39 is 21.2 Å². The number of hydrogen-bond acceptors (Lipinski definition) is 3. The zero-order valence-corrected chi connectivity index (χ0v) is 21.9. The Morgan fingerprint density at radius 3 is 1.68 bits per heavy atom. The monoisotopic (exact) mass is 487 g/mol. The van der Waals surface area contributed by atoms with Crippen molar-refractivity contribution in [3.05, 3.63) is 48.7 Å². The van der Waals surface area contributed by atoms with Crippen molar-refractivity contribution in [2.75, 3.05) is 0 Å². The first-order valence-corrected chi connectivity index (χ1v) is 15.3. The summed E-state index contributed by atoms with van der Waals surface area (Å²) in [5, 5.41) is -0.489. The van der Waals surface area contributed by atoms with Gasteiger partial charge in [-0.25, -0.2) is 12.7 Å². The molecule has 1 aliphatic heterocycles. The molecule has 1 atom stereocenters. The van der Waals surface area contributed by atoms with Gasteiger partial charge in [0.2, 0.25) is 15.9 Å². The molecule has 0 radical (unpaired) electrons. The first-order valence-electron chi connectivity index (χ1n) is 13.8. The molecule has 3 rings (SSSR count). The lowest BCUT2D eigenvalue weighted by Crippen LogP contribution is -2.42. The van der Waals surface area contributed by atoms with Gasteiger partial charge < -0.3 is 0 Å². The van der Waals surface area contributed by atoms with E-state index in [4.69, 9.17) is 0 Å². The van der Waals surface area contributed by atoms with Gasteiger partial charge in [0, 0.05) is 0 Å². The molecule has 2 fully saturated rings. The second-order valence-electron chi connectivity index (χ2n) is 10.4. The van der Waals surface area contributed by atoms with E-state index in [-0.39, 0.29) is 11.8 Å². The highest BCUT2D eigenvalue weighted by molar-refractivity contribution is 7.90. The van der Waals surface area contributed by atoms with Crippen molar-refractivity contribution in [2.45, 2.75) is 114 Å². The molecular formula is C29H45NO3S. The molecule has 1 heterocycles. The topological polar surface area (TPSA) is 54.5 Å². The van der Waals surface area contributed by atoms with Gasteiger partial charge in [-0.2, -0.15) is 0 Å². The average molecular weight is 488 g/mol. The van der Waals surface area contributed by atoms with Gasteiger partial charge in [-0.1, -0.05) is 115 Å². The largest absolute Gasteiger partial charge is 0.273 e. The number of nitrogens with zero attached hydrogens (tertiary/aromatic N) is 1. The lowest BCUT2D eigenvalue weighted by Gasteiger charge is -2.28. The van der Waals surface area contributed by atoms with Crippen LogP contribution in [-0.4, -0.2) is 23.9 Å². The van der Waals surface area contributed by atoms with Crippen LogP contribution < -0.4 is 0 Å². The molecule has 34 heavy (non-hydrogen) atoms. The standard InChI is InChI=1S/C29H45NO3S/c1-3-5-23-26-27(4-2)30(34(32,33)25-21-17-13-9-10-14-18-22-25)29(31)28(26)24-19-15-11-7-6-8-12-16-20-24/h3-5,23-25,28H,1-2,6-22H2/b23-5-. The fourth-order valence-electron chi connectivity index (χ4n) is 6.15. The highest BCUT2D eigenvalue weighted by Gasteiger charge is 2.48. The highest BCUT2D eigenvalue weighted by atomic mass is 32.2. The van der Waals surface area contributed by atoms with Crippen molar-refractivity contribution in [3.63, 3.8) is 0 Å². The molecule has 0 aromatic rings. The van der Waals surface area contributed by atoms with Crippen molar-refractivity contribution in [2.24, 2.45) is 11.8 Å². The molecule has 0 aromatic carbocycles. The summed E-state index contributed by atoms with van der Waals surface area (Å²) in [6.07, 6.45) is 25.0. The van der Waals surface area contributed by atoms with Crippen LogP contribution in [0.3, 0.4) is 0 Å². The maximum Gasteiger partial charge on any atom is 0.248 e. The Labute approximate surface area is 208 Å². The Bertz CT molecular complexity index is 850. The van der Waals surface area contributed by atoms with Gasteiger partial charge in [0.25, 0.3) is 0 Å². The Morgan fingerprint density at radius 2 is 1.21 bits per heavy atom. The molecule has 1 amide bonds. The third-order valence-corrected chi connectivity index (χ3v) is 10.2. The zero-order chi connectivity index (χ0) is 24.4. The highest BCUT2D eigenvalue weighted by Crippen LogP contribution is 2.43. The van der Waals surface area contributed by atoms with Crippen LogP contribution in [0.2, 0.25) is 0 Å². The molecular weight excluding hydrogens is 442 g/mol. The van der Waals surface area contributed by atoms with Gasteiger partial charge in [0.05, 0.1) is 16.9 Å². The van der Waals surface area contributed by atoms with Gasteiger partial charge in [-0.05, 0) is 43.3 Å². The van der Waals surface area contributed by atoms with Crippen LogP contribution in [0.4, 0.5) is 0 Å². The number of hydrogen-bond donors (Lipinski definition) is 0. The molecule has 3 aliphatic rings. The third-order valence-electron chi connectivity index (χ3n) is 8.02. The molecule has 0 bridgehead atoms. The summed E-state index contributed by atoms with van der Waals surface area (Å²) in [6.45, 7) is 7.75. The van der Waals surface area contributed by atoms with E-state index in [2.05, 4.69) is 13.2 Å². The Morgan fingerprint density at radius 1 is 0.735 bits per heavy atom. The molecule has 0 N–H and O–H groups in total. The SMILES string of the molecule is C=C/C=C\C1=C(C=C)N(S(=O)(=O)C2CCCCCCCC2)C(=O)C1C1CCCCCCCCC1. The minimum Gasteiger partial charge on any atom is -0.273 e. The fourth-order valence-corrected chi connectivity index (χ4v) is 8.20. The van der Waals surface area contributed by atoms with Crippen LogP contribution in [-0.2, 0) is 14.8 Å². The van der Waals surface area contributed by atoms with Crippen molar-refractivity contribution >= 4 is 15.9 Å². The second-order valence-corrected chi connectivity index (χ2v) is 12.5. The number of allylic oxidation sites excluding steroid dienone is 4. The molecule has 5 heteroatoms. The van der Waals surface area contributed by atoms with Crippen LogP contribution in [0.15, 0.2) is 48.7 Å². The van der Waals surface area contributed by atoms with E-state index >= 15 is 0 Å². The minimum absolute atomic E-state index is 0.172.